The third-order valence-corrected chi connectivity index (χ3v) is 1.60. The standard InChI is InChI=1S/C3H7N2P.ClH/c1-2-6-3-5-4-1;/h3-4,6H,1-2H2;1H. The summed E-state index contributed by atoms with van der Waals surface area (Å²) in [7, 11) is 0.979. The number of hydrogen-bond donors (Lipinski definition) is 1. The van der Waals surface area contributed by atoms with Crippen molar-refractivity contribution in [3.05, 3.63) is 0 Å². The van der Waals surface area contributed by atoms with Crippen molar-refractivity contribution in [3.8, 4) is 0 Å². The maximum absolute atomic E-state index is 3.94. The summed E-state index contributed by atoms with van der Waals surface area (Å²) in [4.78, 5) is 0. The third-order valence-electron chi connectivity index (χ3n) is 0.689. The molecule has 0 saturated heterocycles. The maximum atomic E-state index is 3.94. The van der Waals surface area contributed by atoms with E-state index in [9.17, 15) is 0 Å². The fraction of sp³-hybridized carbons (Fsp3) is 0.667. The molecule has 7 heavy (non-hydrogen) atoms. The summed E-state index contributed by atoms with van der Waals surface area (Å²) in [5.41, 5.74) is 1.97. The van der Waals surface area contributed by atoms with E-state index in [-0.39, 0.29) is 12.4 Å². The molecule has 1 heterocycles. The van der Waals surface area contributed by atoms with E-state index in [4.69, 9.17) is 0 Å². The topological polar surface area (TPSA) is 29.0 Å². The van der Waals surface area contributed by atoms with Crippen LogP contribution in [0.4, 0.5) is 0 Å². The molecule has 1 rings (SSSR count). The zero-order valence-corrected chi connectivity index (χ0v) is 5.65. The van der Waals surface area contributed by atoms with E-state index in [1.165, 1.54) is 12.7 Å². The van der Waals surface area contributed by atoms with Crippen molar-refractivity contribution in [2.45, 2.75) is 0 Å². The van der Waals surface area contributed by atoms with Gasteiger partial charge in [0.05, 0.1) is 5.96 Å². The van der Waals surface area contributed by atoms with Gasteiger partial charge in [-0.15, -0.1) is 0 Å². The molecule has 1 atom stereocenters. The average molecular weight is 139 g/mol. The molecule has 2 N–H and O–H groups in total. The maximum Gasteiger partial charge on any atom is 0.104 e. The van der Waals surface area contributed by atoms with Gasteiger partial charge in [0, 0.05) is 6.16 Å². The van der Waals surface area contributed by atoms with Gasteiger partial charge >= 0.3 is 0 Å². The Morgan fingerprint density at radius 2 is 2.57 bits per heavy atom. The van der Waals surface area contributed by atoms with Crippen molar-refractivity contribution >= 4 is 14.5 Å². The van der Waals surface area contributed by atoms with Crippen LogP contribution in [0.1, 0.15) is 0 Å². The van der Waals surface area contributed by atoms with E-state index in [0.29, 0.717) is 0 Å². The molecule has 4 heteroatoms. The highest BCUT2D eigenvalue weighted by molar-refractivity contribution is 7.55. The summed E-state index contributed by atoms with van der Waals surface area (Å²) in [6.45, 7) is 1.19. The Hall–Kier alpha value is 0.350. The van der Waals surface area contributed by atoms with Crippen molar-refractivity contribution in [3.63, 3.8) is 0 Å². The van der Waals surface area contributed by atoms with Crippen molar-refractivity contribution < 1.29 is 17.8 Å². The van der Waals surface area contributed by atoms with Crippen LogP contribution in [0.15, 0.2) is 5.10 Å². The van der Waals surface area contributed by atoms with Crippen molar-refractivity contribution in [1.29, 1.82) is 0 Å². The van der Waals surface area contributed by atoms with Gasteiger partial charge in [-0.05, 0) is 0 Å². The molecule has 1 unspecified atom stereocenters. The van der Waals surface area contributed by atoms with E-state index >= 15 is 0 Å². The molecular weight excluding hydrogens is 130 g/mol. The SMILES string of the molecule is C1=N[NH2+]CCP1.[Cl-]. The Morgan fingerprint density at radius 1 is 1.71 bits per heavy atom. The fourth-order valence-electron chi connectivity index (χ4n) is 0.392. The molecule has 1 aliphatic rings. The molecule has 0 aromatic heterocycles. The summed E-state index contributed by atoms with van der Waals surface area (Å²) < 4.78 is 0. The van der Waals surface area contributed by atoms with Crippen LogP contribution in [-0.2, 0) is 0 Å². The van der Waals surface area contributed by atoms with Gasteiger partial charge in [-0.2, -0.15) is 0 Å². The van der Waals surface area contributed by atoms with Gasteiger partial charge in [0.1, 0.15) is 6.54 Å². The third kappa shape index (κ3) is 2.98. The minimum atomic E-state index is 0. The van der Waals surface area contributed by atoms with Crippen LogP contribution >= 0.6 is 8.58 Å². The molecule has 0 bridgehead atoms. The molecule has 0 aromatic carbocycles. The molecule has 0 aromatic rings. The summed E-state index contributed by atoms with van der Waals surface area (Å²) in [5, 5.41) is 3.94. The second kappa shape index (κ2) is 4.51. The summed E-state index contributed by atoms with van der Waals surface area (Å²) in [5.74, 6) is 1.99. The van der Waals surface area contributed by atoms with Crippen molar-refractivity contribution in [1.82, 2.24) is 0 Å². The van der Waals surface area contributed by atoms with Gasteiger partial charge in [0.15, 0.2) is 0 Å². The minimum Gasteiger partial charge on any atom is -1.00 e. The van der Waals surface area contributed by atoms with E-state index in [1.807, 2.05) is 11.4 Å². The second-order valence-electron chi connectivity index (χ2n) is 1.20. The Kier molecular flexibility index (Phi) is 4.73. The highest BCUT2D eigenvalue weighted by Crippen LogP contribution is 2.01. The first-order chi connectivity index (χ1) is 3.00. The molecule has 42 valence electrons. The zero-order chi connectivity index (χ0) is 4.24. The summed E-state index contributed by atoms with van der Waals surface area (Å²) >= 11 is 0. The highest BCUT2D eigenvalue weighted by atomic mass is 35.5. The first-order valence-electron chi connectivity index (χ1n) is 2.07. The zero-order valence-electron chi connectivity index (χ0n) is 3.89. The number of halogens is 1. The van der Waals surface area contributed by atoms with Gasteiger partial charge in [-0.25, -0.2) is 5.43 Å². The number of quaternary nitrogens is 1. The van der Waals surface area contributed by atoms with Crippen LogP contribution in [0.3, 0.4) is 0 Å². The predicted octanol–water partition coefficient (Wildman–Crippen LogP) is -3.81. The molecule has 2 nitrogen and oxygen atoms in total. The predicted molar refractivity (Wildman–Crippen MR) is 28.5 cm³/mol. The lowest BCUT2D eigenvalue weighted by molar-refractivity contribution is -0.657. The van der Waals surface area contributed by atoms with Crippen LogP contribution in [0.25, 0.3) is 0 Å². The van der Waals surface area contributed by atoms with Crippen LogP contribution in [0.2, 0.25) is 0 Å². The van der Waals surface area contributed by atoms with E-state index in [0.717, 1.165) is 8.58 Å². The number of hydrogen-bond acceptors (Lipinski definition) is 1. The molecule has 0 aliphatic carbocycles. The van der Waals surface area contributed by atoms with Gasteiger partial charge in [-0.1, -0.05) is 13.7 Å². The Balaban J connectivity index is 0.000000360. The lowest BCUT2D eigenvalue weighted by Gasteiger charge is -1.95. The van der Waals surface area contributed by atoms with Gasteiger partial charge in [0.25, 0.3) is 0 Å². The first kappa shape index (κ1) is 7.35. The summed E-state index contributed by atoms with van der Waals surface area (Å²) in [6, 6.07) is 0. The molecular formula is C3H8ClN2P. The van der Waals surface area contributed by atoms with E-state index in [1.54, 1.807) is 0 Å². The molecule has 0 saturated carbocycles. The highest BCUT2D eigenvalue weighted by Gasteiger charge is 1.90. The normalized spacial score (nSPS) is 21.7. The lowest BCUT2D eigenvalue weighted by atomic mass is 10.8. The van der Waals surface area contributed by atoms with E-state index in [2.05, 4.69) is 5.10 Å². The largest absolute Gasteiger partial charge is 1.00 e. The van der Waals surface area contributed by atoms with Crippen molar-refractivity contribution in [2.75, 3.05) is 12.7 Å². The molecule has 0 fully saturated rings. The van der Waals surface area contributed by atoms with Gasteiger partial charge in [-0.3, -0.25) is 0 Å². The molecule has 0 amide bonds. The smallest absolute Gasteiger partial charge is 0.104 e. The number of nitrogens with two attached hydrogens (primary N) is 1. The van der Waals surface area contributed by atoms with Crippen LogP contribution in [-0.4, -0.2) is 18.7 Å². The second-order valence-corrected chi connectivity index (χ2v) is 2.37. The first-order valence-corrected chi connectivity index (χ1v) is 3.35. The minimum absolute atomic E-state index is 0. The van der Waals surface area contributed by atoms with Crippen molar-refractivity contribution in [2.24, 2.45) is 5.10 Å². The fourth-order valence-corrected chi connectivity index (χ4v) is 1.03. The van der Waals surface area contributed by atoms with Crippen LogP contribution in [0.5, 0.6) is 0 Å². The monoisotopic (exact) mass is 138 g/mol. The average Bonchev–Trinajstić information content (AvgIpc) is 1.72. The number of nitrogens with zero attached hydrogens (tertiary/aromatic N) is 1. The Labute approximate surface area is 50.9 Å². The van der Waals surface area contributed by atoms with Gasteiger partial charge < -0.3 is 12.4 Å². The van der Waals surface area contributed by atoms with Crippen LogP contribution in [0, 0.1) is 0 Å². The number of rotatable bonds is 0. The molecule has 1 aliphatic heterocycles. The molecule has 0 radical (unpaired) electrons. The van der Waals surface area contributed by atoms with Gasteiger partial charge in [0.2, 0.25) is 0 Å². The lowest BCUT2D eigenvalue weighted by Crippen LogP contribution is -3.00. The van der Waals surface area contributed by atoms with Crippen LogP contribution < -0.4 is 17.8 Å². The summed E-state index contributed by atoms with van der Waals surface area (Å²) in [6.07, 6.45) is 1.32. The Bertz CT molecular complexity index is 58.0. The quantitative estimate of drug-likeness (QED) is 0.263. The van der Waals surface area contributed by atoms with E-state index < -0.39 is 0 Å². The molecule has 0 spiro atoms. The Morgan fingerprint density at radius 3 is 2.71 bits per heavy atom.